The fraction of sp³-hybridized carbons (Fsp3) is 0.889. The summed E-state index contributed by atoms with van der Waals surface area (Å²) in [4.78, 5) is 10.9. The van der Waals surface area contributed by atoms with Crippen LogP contribution in [0, 0.1) is 0 Å². The van der Waals surface area contributed by atoms with Crippen molar-refractivity contribution in [1.29, 1.82) is 0 Å². The molecule has 0 amide bonds. The Morgan fingerprint density at radius 1 is 0.500 bits per heavy atom. The van der Waals surface area contributed by atoms with Crippen LogP contribution in [0.15, 0.2) is 12.2 Å². The van der Waals surface area contributed by atoms with E-state index < -0.39 is 0 Å². The van der Waals surface area contributed by atoms with Crippen molar-refractivity contribution in [3.8, 4) is 0 Å². The number of ketones is 1. The van der Waals surface area contributed by atoms with E-state index in [-0.39, 0.29) is 0 Å². The molecular formula is C27H52O. The molecule has 1 heteroatoms. The minimum Gasteiger partial charge on any atom is -0.300 e. The predicted molar refractivity (Wildman–Crippen MR) is 127 cm³/mol. The number of carbonyl (C=O) groups is 1. The van der Waals surface area contributed by atoms with Crippen LogP contribution in [0.25, 0.3) is 0 Å². The Morgan fingerprint density at radius 2 is 0.821 bits per heavy atom. The van der Waals surface area contributed by atoms with Crippen LogP contribution >= 0.6 is 0 Å². The first-order chi connectivity index (χ1) is 13.8. The molecule has 166 valence electrons. The molecule has 0 fully saturated rings. The van der Waals surface area contributed by atoms with Gasteiger partial charge in [-0.15, -0.1) is 0 Å². The molecule has 1 nitrogen and oxygen atoms in total. The van der Waals surface area contributed by atoms with Gasteiger partial charge >= 0.3 is 0 Å². The van der Waals surface area contributed by atoms with Crippen LogP contribution in [0.1, 0.15) is 155 Å². The van der Waals surface area contributed by atoms with Crippen LogP contribution < -0.4 is 0 Å². The van der Waals surface area contributed by atoms with E-state index >= 15 is 0 Å². The van der Waals surface area contributed by atoms with Crippen LogP contribution in [0.3, 0.4) is 0 Å². The van der Waals surface area contributed by atoms with Gasteiger partial charge in [-0.05, 0) is 39.0 Å². The molecule has 0 aliphatic carbocycles. The third-order valence-corrected chi connectivity index (χ3v) is 5.79. The first-order valence-corrected chi connectivity index (χ1v) is 12.9. The van der Waals surface area contributed by atoms with Crippen molar-refractivity contribution >= 4 is 5.78 Å². The summed E-state index contributed by atoms with van der Waals surface area (Å²) in [6.45, 7) is 3.99. The molecule has 0 unspecified atom stereocenters. The van der Waals surface area contributed by atoms with Crippen molar-refractivity contribution < 1.29 is 4.79 Å². The van der Waals surface area contributed by atoms with Crippen molar-refractivity contribution in [1.82, 2.24) is 0 Å². The van der Waals surface area contributed by atoms with E-state index in [0.717, 1.165) is 12.8 Å². The minimum absolute atomic E-state index is 0.347. The number of hydrogen-bond donors (Lipinski definition) is 0. The minimum atomic E-state index is 0.347. The molecule has 0 saturated carbocycles. The molecule has 0 bridgehead atoms. The van der Waals surface area contributed by atoms with Gasteiger partial charge in [0, 0.05) is 6.42 Å². The van der Waals surface area contributed by atoms with Gasteiger partial charge in [0.1, 0.15) is 5.78 Å². The summed E-state index contributed by atoms with van der Waals surface area (Å²) in [5.74, 6) is 0.347. The summed E-state index contributed by atoms with van der Waals surface area (Å²) >= 11 is 0. The summed E-state index contributed by atoms with van der Waals surface area (Å²) in [6.07, 6.45) is 34.5. The SMILES string of the molecule is CCCCCCCCC=CCCCCCCCCCCCCCCCC(C)=O. The summed E-state index contributed by atoms with van der Waals surface area (Å²) in [5, 5.41) is 0. The molecule has 0 aliphatic rings. The number of hydrogen-bond acceptors (Lipinski definition) is 1. The molecule has 0 radical (unpaired) electrons. The predicted octanol–water partition coefficient (Wildman–Crippen LogP) is 9.73. The van der Waals surface area contributed by atoms with E-state index in [9.17, 15) is 4.79 Å². The van der Waals surface area contributed by atoms with Gasteiger partial charge in [0.25, 0.3) is 0 Å². The Balaban J connectivity index is 3.06. The molecule has 0 aliphatic heterocycles. The first-order valence-electron chi connectivity index (χ1n) is 12.9. The van der Waals surface area contributed by atoms with Crippen LogP contribution in [-0.4, -0.2) is 5.78 Å². The lowest BCUT2D eigenvalue weighted by molar-refractivity contribution is -0.117. The largest absolute Gasteiger partial charge is 0.300 e. The summed E-state index contributed by atoms with van der Waals surface area (Å²) < 4.78 is 0. The molecule has 0 atom stereocenters. The lowest BCUT2D eigenvalue weighted by Gasteiger charge is -2.03. The van der Waals surface area contributed by atoms with Gasteiger partial charge in [-0.3, -0.25) is 0 Å². The van der Waals surface area contributed by atoms with Crippen LogP contribution in [0.5, 0.6) is 0 Å². The highest BCUT2D eigenvalue weighted by Crippen LogP contribution is 2.14. The summed E-state index contributed by atoms with van der Waals surface area (Å²) in [7, 11) is 0. The van der Waals surface area contributed by atoms with Crippen molar-refractivity contribution in [3.05, 3.63) is 12.2 Å². The Morgan fingerprint density at radius 3 is 1.18 bits per heavy atom. The standard InChI is InChI=1S/C27H52O/c1-3-4-5-6-7-8-9-10-11-12-13-14-15-16-17-18-19-20-21-22-23-24-25-26-27(2)28/h10-11H,3-9,12-26H2,1-2H3. The number of Topliss-reactive ketones (excluding diaryl/α,β-unsaturated/α-hetero) is 1. The van der Waals surface area contributed by atoms with E-state index in [4.69, 9.17) is 0 Å². The highest BCUT2D eigenvalue weighted by Gasteiger charge is 1.96. The van der Waals surface area contributed by atoms with E-state index in [1.807, 2.05) is 0 Å². The monoisotopic (exact) mass is 392 g/mol. The second kappa shape index (κ2) is 24.4. The Kier molecular flexibility index (Phi) is 23.9. The van der Waals surface area contributed by atoms with Gasteiger partial charge in [-0.2, -0.15) is 0 Å². The molecule has 0 aromatic heterocycles. The number of carbonyl (C=O) groups excluding carboxylic acids is 1. The number of unbranched alkanes of at least 4 members (excludes halogenated alkanes) is 19. The lowest BCUT2D eigenvalue weighted by Crippen LogP contribution is -1.89. The average molecular weight is 393 g/mol. The van der Waals surface area contributed by atoms with E-state index in [1.54, 1.807) is 6.92 Å². The van der Waals surface area contributed by atoms with Crippen molar-refractivity contribution in [2.75, 3.05) is 0 Å². The topological polar surface area (TPSA) is 17.1 Å². The van der Waals surface area contributed by atoms with E-state index in [2.05, 4.69) is 19.1 Å². The van der Waals surface area contributed by atoms with Gasteiger partial charge in [0.2, 0.25) is 0 Å². The molecule has 0 spiro atoms. The molecule has 0 aromatic carbocycles. The average Bonchev–Trinajstić information content (AvgIpc) is 2.68. The maximum absolute atomic E-state index is 10.9. The van der Waals surface area contributed by atoms with Crippen molar-refractivity contribution in [2.24, 2.45) is 0 Å². The van der Waals surface area contributed by atoms with Crippen molar-refractivity contribution in [3.63, 3.8) is 0 Å². The fourth-order valence-electron chi connectivity index (χ4n) is 3.86. The molecule has 0 rings (SSSR count). The number of rotatable bonds is 23. The maximum atomic E-state index is 10.9. The van der Waals surface area contributed by atoms with Gasteiger partial charge in [-0.1, -0.05) is 122 Å². The smallest absolute Gasteiger partial charge is 0.129 e. The molecular weight excluding hydrogens is 340 g/mol. The zero-order chi connectivity index (χ0) is 20.5. The Hall–Kier alpha value is -0.590. The molecule has 0 saturated heterocycles. The Bertz CT molecular complexity index is 331. The quantitative estimate of drug-likeness (QED) is 0.125. The Labute approximate surface area is 178 Å². The van der Waals surface area contributed by atoms with Crippen LogP contribution in [-0.2, 0) is 4.79 Å². The zero-order valence-electron chi connectivity index (χ0n) is 19.6. The fourth-order valence-corrected chi connectivity index (χ4v) is 3.86. The highest BCUT2D eigenvalue weighted by atomic mass is 16.1. The van der Waals surface area contributed by atoms with Crippen LogP contribution in [0.4, 0.5) is 0 Å². The van der Waals surface area contributed by atoms with Crippen molar-refractivity contribution in [2.45, 2.75) is 155 Å². The van der Waals surface area contributed by atoms with Gasteiger partial charge in [0.05, 0.1) is 0 Å². The zero-order valence-corrected chi connectivity index (χ0v) is 19.6. The number of allylic oxidation sites excluding steroid dienone is 2. The van der Waals surface area contributed by atoms with E-state index in [0.29, 0.717) is 5.78 Å². The van der Waals surface area contributed by atoms with E-state index in [1.165, 1.54) is 128 Å². The lowest BCUT2D eigenvalue weighted by atomic mass is 10.0. The van der Waals surface area contributed by atoms with Gasteiger partial charge < -0.3 is 4.79 Å². The molecule has 0 heterocycles. The molecule has 0 N–H and O–H groups in total. The van der Waals surface area contributed by atoms with Crippen LogP contribution in [0.2, 0.25) is 0 Å². The summed E-state index contributed by atoms with van der Waals surface area (Å²) in [5.41, 5.74) is 0. The first kappa shape index (κ1) is 27.4. The maximum Gasteiger partial charge on any atom is 0.129 e. The van der Waals surface area contributed by atoms with Gasteiger partial charge in [-0.25, -0.2) is 0 Å². The second-order valence-corrected chi connectivity index (χ2v) is 8.86. The molecule has 28 heavy (non-hydrogen) atoms. The highest BCUT2D eigenvalue weighted by molar-refractivity contribution is 5.75. The molecule has 0 aromatic rings. The third kappa shape index (κ3) is 25.4. The summed E-state index contributed by atoms with van der Waals surface area (Å²) in [6, 6.07) is 0. The van der Waals surface area contributed by atoms with Gasteiger partial charge in [0.15, 0.2) is 0 Å². The normalized spacial score (nSPS) is 11.5. The second-order valence-electron chi connectivity index (χ2n) is 8.86. The third-order valence-electron chi connectivity index (χ3n) is 5.79.